The molecule has 15 atom stereocenters. The Kier molecular flexibility index (Phi) is 22.6. The van der Waals surface area contributed by atoms with E-state index in [0.717, 1.165) is 69.2 Å². The number of hydrogen-bond donors (Lipinski definition) is 0. The van der Waals surface area contributed by atoms with E-state index in [9.17, 15) is 47.9 Å². The minimum atomic E-state index is -1.94. The van der Waals surface area contributed by atoms with E-state index in [1.54, 1.807) is 0 Å². The van der Waals surface area contributed by atoms with Crippen molar-refractivity contribution in [1.29, 1.82) is 0 Å². The molecule has 0 saturated carbocycles. The third kappa shape index (κ3) is 18.8. The second-order valence-corrected chi connectivity index (χ2v) is 23.1. The van der Waals surface area contributed by atoms with Crippen molar-refractivity contribution in [1.82, 2.24) is 0 Å². The molecule has 0 amide bonds. The maximum Gasteiger partial charge on any atom is 0.303 e. The van der Waals surface area contributed by atoms with Gasteiger partial charge in [-0.1, -0.05) is 19.6 Å². The van der Waals surface area contributed by atoms with Crippen LogP contribution < -0.4 is 0 Å². The van der Waals surface area contributed by atoms with E-state index in [1.165, 1.54) is 0 Å². The van der Waals surface area contributed by atoms with E-state index in [0.29, 0.717) is 6.04 Å². The van der Waals surface area contributed by atoms with E-state index in [4.69, 9.17) is 75.8 Å². The van der Waals surface area contributed by atoms with Gasteiger partial charge < -0.3 is 75.8 Å². The predicted molar refractivity (Wildman–Crippen MR) is 229 cm³/mol. The molecule has 396 valence electrons. The third-order valence-corrected chi connectivity index (χ3v) is 11.6. The van der Waals surface area contributed by atoms with Crippen LogP contribution >= 0.6 is 0 Å². The topological polar surface area (TPSA) is 318 Å². The maximum absolute atomic E-state index is 13.0. The lowest BCUT2D eigenvalue weighted by atomic mass is 9.95. The van der Waals surface area contributed by atoms with E-state index in [2.05, 4.69) is 19.6 Å². The second-order valence-electron chi connectivity index (χ2n) is 17.4. The molecule has 3 heterocycles. The Morgan fingerprint density at radius 2 is 0.629 bits per heavy atom. The summed E-state index contributed by atoms with van der Waals surface area (Å²) < 4.78 is 92.4. The van der Waals surface area contributed by atoms with Gasteiger partial charge in [-0.05, 0) is 6.04 Å². The molecule has 0 aromatic rings. The number of carbonyl (C=O) groups is 10. The fourth-order valence-electron chi connectivity index (χ4n) is 7.40. The zero-order valence-electron chi connectivity index (χ0n) is 41.3. The molecule has 0 N–H and O–H groups in total. The van der Waals surface area contributed by atoms with Crippen LogP contribution in [-0.4, -0.2) is 186 Å². The number of esters is 10. The van der Waals surface area contributed by atoms with Gasteiger partial charge in [-0.3, -0.25) is 47.9 Å². The van der Waals surface area contributed by atoms with Crippen molar-refractivity contribution in [3.8, 4) is 0 Å². The first-order chi connectivity index (χ1) is 32.6. The summed E-state index contributed by atoms with van der Waals surface area (Å²) in [4.78, 5) is 125. The molecule has 0 aromatic heterocycles. The zero-order valence-corrected chi connectivity index (χ0v) is 42.3. The van der Waals surface area contributed by atoms with Gasteiger partial charge in [-0.2, -0.15) is 0 Å². The summed E-state index contributed by atoms with van der Waals surface area (Å²) in [6, 6.07) is 0.606. The van der Waals surface area contributed by atoms with E-state index in [1.807, 2.05) is 0 Å². The summed E-state index contributed by atoms with van der Waals surface area (Å²) >= 11 is 0. The number of carbonyl (C=O) groups excluding carboxylic acids is 10. The van der Waals surface area contributed by atoms with Crippen LogP contribution in [0.15, 0.2) is 0 Å². The van der Waals surface area contributed by atoms with Crippen LogP contribution in [0.25, 0.3) is 0 Å². The summed E-state index contributed by atoms with van der Waals surface area (Å²) in [5.74, 6) is -9.11. The minimum Gasteiger partial charge on any atom is -0.463 e. The fourth-order valence-corrected chi connectivity index (χ4v) is 8.13. The third-order valence-electron chi connectivity index (χ3n) is 9.94. The normalized spacial score (nSPS) is 30.8. The molecule has 0 radical (unpaired) electrons. The Labute approximate surface area is 404 Å². The lowest BCUT2D eigenvalue weighted by Gasteiger charge is -2.49. The predicted octanol–water partition coefficient (Wildman–Crippen LogP) is 0.498. The first-order valence-corrected chi connectivity index (χ1v) is 25.8. The summed E-state index contributed by atoms with van der Waals surface area (Å²) in [6.45, 7) is 14.6. The van der Waals surface area contributed by atoms with Crippen molar-refractivity contribution >= 4 is 67.8 Å². The second kappa shape index (κ2) is 26.8. The van der Waals surface area contributed by atoms with E-state index >= 15 is 0 Å². The number of hydrogen-bond acceptors (Lipinski definition) is 26. The molecule has 3 rings (SSSR count). The smallest absolute Gasteiger partial charge is 0.303 e. The molecular weight excluding hydrogens is 961 g/mol. The maximum atomic E-state index is 13.0. The van der Waals surface area contributed by atoms with Gasteiger partial charge in [-0.15, -0.1) is 0 Å². The van der Waals surface area contributed by atoms with Crippen LogP contribution in [-0.2, 0) is 124 Å². The molecule has 70 heavy (non-hydrogen) atoms. The highest BCUT2D eigenvalue weighted by molar-refractivity contribution is 6.76. The lowest BCUT2D eigenvalue weighted by molar-refractivity contribution is -0.366. The number of ether oxygens (including phenoxy) is 16. The van der Waals surface area contributed by atoms with Crippen molar-refractivity contribution < 1.29 is 124 Å². The monoisotopic (exact) mass is 1020 g/mol. The first-order valence-electron chi connectivity index (χ1n) is 22.1. The molecule has 27 heteroatoms. The highest BCUT2D eigenvalue weighted by Crippen LogP contribution is 2.37. The van der Waals surface area contributed by atoms with Gasteiger partial charge >= 0.3 is 59.7 Å². The first kappa shape index (κ1) is 59.0. The largest absolute Gasteiger partial charge is 0.463 e. The Balaban J connectivity index is 2.20. The average Bonchev–Trinajstić information content (AvgIpc) is 3.19. The van der Waals surface area contributed by atoms with Crippen molar-refractivity contribution in [3.05, 3.63) is 0 Å². The van der Waals surface area contributed by atoms with Crippen LogP contribution in [0.4, 0.5) is 0 Å². The van der Waals surface area contributed by atoms with Crippen LogP contribution in [0.2, 0.25) is 25.7 Å². The Morgan fingerprint density at radius 3 is 0.986 bits per heavy atom. The van der Waals surface area contributed by atoms with E-state index < -0.39 is 180 Å². The minimum absolute atomic E-state index is 0.0971. The lowest BCUT2D eigenvalue weighted by Crippen LogP contribution is -2.67. The Morgan fingerprint density at radius 1 is 0.343 bits per heavy atom. The molecule has 26 nitrogen and oxygen atoms in total. The summed E-state index contributed by atoms with van der Waals surface area (Å²) in [6.07, 6.45) is -25.0. The van der Waals surface area contributed by atoms with Gasteiger partial charge in [0, 0.05) is 83.9 Å². The average molecular weight is 1030 g/mol. The molecule has 3 aliphatic heterocycles. The SMILES string of the molecule is CC(=O)OC[C@H]1O[C@@H](O[C@H]2[C@H](OC(C)=O)[C@@H](OC(C)=O)[C@H](OC[C@H]3O[C@@H](OCC[Si](C)(C)C)[C@H](OC(C)=O)[C@@H](OC(C)=O)[C@H]3OC(C)=O)O[C@@H]2COC(C)=O)[C@H](OC(C)=O)[C@@H](OC(C)=O)[C@H]1OC(C)=O. The summed E-state index contributed by atoms with van der Waals surface area (Å²) in [7, 11) is -1.74. The van der Waals surface area contributed by atoms with Gasteiger partial charge in [0.25, 0.3) is 0 Å². The quantitative estimate of drug-likeness (QED) is 0.0858. The molecule has 0 aromatic carbocycles. The molecule has 3 aliphatic rings. The molecular formula is C43H64O26Si. The van der Waals surface area contributed by atoms with Gasteiger partial charge in [0.2, 0.25) is 0 Å². The Bertz CT molecular complexity index is 1880. The van der Waals surface area contributed by atoms with Gasteiger partial charge in [0.1, 0.15) is 37.6 Å². The van der Waals surface area contributed by atoms with Crippen LogP contribution in [0.5, 0.6) is 0 Å². The van der Waals surface area contributed by atoms with Crippen LogP contribution in [0.3, 0.4) is 0 Å². The van der Waals surface area contributed by atoms with Gasteiger partial charge in [0.05, 0.1) is 6.61 Å². The highest BCUT2D eigenvalue weighted by atomic mass is 28.3. The highest BCUT2D eigenvalue weighted by Gasteiger charge is 2.59. The molecule has 0 unspecified atom stereocenters. The molecule has 3 fully saturated rings. The zero-order chi connectivity index (χ0) is 52.8. The molecule has 3 saturated heterocycles. The van der Waals surface area contributed by atoms with Crippen molar-refractivity contribution in [2.75, 3.05) is 26.4 Å². The number of rotatable bonds is 21. The van der Waals surface area contributed by atoms with Gasteiger partial charge in [-0.25, -0.2) is 0 Å². The summed E-state index contributed by atoms with van der Waals surface area (Å²) in [5, 5.41) is 0. The van der Waals surface area contributed by atoms with Crippen molar-refractivity contribution in [2.24, 2.45) is 0 Å². The molecule has 0 spiro atoms. The van der Waals surface area contributed by atoms with Crippen LogP contribution in [0, 0.1) is 0 Å². The van der Waals surface area contributed by atoms with Gasteiger partial charge in [0.15, 0.2) is 67.7 Å². The van der Waals surface area contributed by atoms with Crippen molar-refractivity contribution in [3.63, 3.8) is 0 Å². The molecule has 0 aliphatic carbocycles. The van der Waals surface area contributed by atoms with Crippen LogP contribution in [0.1, 0.15) is 69.2 Å². The van der Waals surface area contributed by atoms with E-state index in [-0.39, 0.29) is 6.61 Å². The fraction of sp³-hybridized carbons (Fsp3) is 0.767. The Hall–Kier alpha value is -5.32. The standard InChI is InChI=1S/C43H64O26Si/c1-19(44)55-16-29-32(58-21(3)46)36(61-24(6)49)40(65-28(10)53)43(68-29)69-34-30(17-56-20(2)45)67-42(39(64-27(9)52)37(34)62-25(7)50)57-18-31-33(59-22(4)47)35(60-23(5)48)38(63-26(8)51)41(66-31)54-14-15-70(11,12)13/h29-43H,14-18H2,1-13H3/t29-,30-,31-,32+,33+,34-,35+,36+,37+,38-,39-,40-,41-,42-,43+/m1/s1. The summed E-state index contributed by atoms with van der Waals surface area (Å²) in [5.41, 5.74) is 0. The molecule has 0 bridgehead atoms. The van der Waals surface area contributed by atoms with Crippen molar-refractivity contribution in [2.45, 2.75) is 187 Å².